The Bertz CT molecular complexity index is 459. The monoisotopic (exact) mass is 237 g/mol. The van der Waals surface area contributed by atoms with Crippen LogP contribution in [-0.4, -0.2) is 29.8 Å². The highest BCUT2D eigenvalue weighted by Crippen LogP contribution is 2.31. The van der Waals surface area contributed by atoms with Gasteiger partial charge in [0.25, 0.3) is 0 Å². The van der Waals surface area contributed by atoms with Crippen molar-refractivity contribution in [3.8, 4) is 0 Å². The first-order chi connectivity index (χ1) is 7.58. The lowest BCUT2D eigenvalue weighted by atomic mass is 10.2. The van der Waals surface area contributed by atoms with Gasteiger partial charge in [0.15, 0.2) is 0 Å². The third-order valence-corrected chi connectivity index (χ3v) is 3.47. The van der Waals surface area contributed by atoms with Crippen molar-refractivity contribution < 1.29 is 14.7 Å². The minimum atomic E-state index is -0.835. The summed E-state index contributed by atoms with van der Waals surface area (Å²) in [6.07, 6.45) is 0.410. The number of anilines is 1. The summed E-state index contributed by atoms with van der Waals surface area (Å²) in [7, 11) is 1.75. The number of fused-ring (bicyclic) bond motifs is 1. The Balaban J connectivity index is 2.18. The quantitative estimate of drug-likeness (QED) is 0.807. The third-order valence-electron chi connectivity index (χ3n) is 2.49. The van der Waals surface area contributed by atoms with Crippen molar-refractivity contribution in [2.75, 3.05) is 17.7 Å². The highest BCUT2D eigenvalue weighted by atomic mass is 32.2. The fourth-order valence-electron chi connectivity index (χ4n) is 1.68. The third kappa shape index (κ3) is 2.04. The SMILES string of the molecule is CN1C(=O)Cc2cc(SCC(=O)O)ccc21. The van der Waals surface area contributed by atoms with E-state index in [0.717, 1.165) is 16.1 Å². The Hall–Kier alpha value is -1.49. The van der Waals surface area contributed by atoms with Crippen LogP contribution in [0.2, 0.25) is 0 Å². The molecule has 1 heterocycles. The van der Waals surface area contributed by atoms with E-state index in [1.165, 1.54) is 11.8 Å². The van der Waals surface area contributed by atoms with Gasteiger partial charge in [0.1, 0.15) is 0 Å². The average molecular weight is 237 g/mol. The molecule has 4 nitrogen and oxygen atoms in total. The van der Waals surface area contributed by atoms with E-state index in [2.05, 4.69) is 0 Å². The lowest BCUT2D eigenvalue weighted by Crippen LogP contribution is -2.20. The second-order valence-electron chi connectivity index (χ2n) is 3.60. The van der Waals surface area contributed by atoms with E-state index in [0.29, 0.717) is 6.42 Å². The van der Waals surface area contributed by atoms with Gasteiger partial charge in [-0.05, 0) is 23.8 Å². The second-order valence-corrected chi connectivity index (χ2v) is 4.65. The van der Waals surface area contributed by atoms with Crippen molar-refractivity contribution in [1.29, 1.82) is 0 Å². The first-order valence-corrected chi connectivity index (χ1v) is 5.80. The van der Waals surface area contributed by atoms with Gasteiger partial charge in [0.2, 0.25) is 5.91 Å². The topological polar surface area (TPSA) is 57.6 Å². The van der Waals surface area contributed by atoms with Crippen molar-refractivity contribution in [3.05, 3.63) is 23.8 Å². The molecule has 2 rings (SSSR count). The van der Waals surface area contributed by atoms with Gasteiger partial charge in [-0.3, -0.25) is 9.59 Å². The number of carbonyl (C=O) groups is 2. The lowest BCUT2D eigenvalue weighted by molar-refractivity contribution is -0.133. The summed E-state index contributed by atoms with van der Waals surface area (Å²) in [5, 5.41) is 8.57. The van der Waals surface area contributed by atoms with E-state index < -0.39 is 5.97 Å². The minimum Gasteiger partial charge on any atom is -0.481 e. The van der Waals surface area contributed by atoms with Crippen LogP contribution in [0.1, 0.15) is 5.56 Å². The molecular weight excluding hydrogens is 226 g/mol. The van der Waals surface area contributed by atoms with Gasteiger partial charge in [0.05, 0.1) is 12.2 Å². The van der Waals surface area contributed by atoms with Crippen LogP contribution in [0.5, 0.6) is 0 Å². The number of carboxylic acid groups (broad SMARTS) is 1. The molecule has 5 heteroatoms. The molecule has 0 radical (unpaired) electrons. The zero-order valence-electron chi connectivity index (χ0n) is 8.77. The Morgan fingerprint density at radius 3 is 3.00 bits per heavy atom. The summed E-state index contributed by atoms with van der Waals surface area (Å²) < 4.78 is 0. The van der Waals surface area contributed by atoms with Gasteiger partial charge in [0, 0.05) is 17.6 Å². The Kier molecular flexibility index (Phi) is 2.87. The van der Waals surface area contributed by atoms with Crippen LogP contribution < -0.4 is 4.90 Å². The molecule has 16 heavy (non-hydrogen) atoms. The van der Waals surface area contributed by atoms with E-state index in [4.69, 9.17) is 5.11 Å². The number of carbonyl (C=O) groups excluding carboxylic acids is 1. The van der Waals surface area contributed by atoms with E-state index >= 15 is 0 Å². The number of hydrogen-bond acceptors (Lipinski definition) is 3. The Morgan fingerprint density at radius 2 is 2.31 bits per heavy atom. The number of rotatable bonds is 3. The molecule has 1 aliphatic heterocycles. The van der Waals surface area contributed by atoms with Gasteiger partial charge in [-0.2, -0.15) is 0 Å². The van der Waals surface area contributed by atoms with Gasteiger partial charge in [-0.15, -0.1) is 11.8 Å². The maximum absolute atomic E-state index is 11.4. The molecule has 0 aromatic heterocycles. The largest absolute Gasteiger partial charge is 0.481 e. The van der Waals surface area contributed by atoms with Gasteiger partial charge < -0.3 is 10.0 Å². The lowest BCUT2D eigenvalue weighted by Gasteiger charge is -2.09. The summed E-state index contributed by atoms with van der Waals surface area (Å²) in [4.78, 5) is 24.4. The Morgan fingerprint density at radius 1 is 1.56 bits per heavy atom. The standard InChI is InChI=1S/C11H11NO3S/c1-12-9-3-2-8(16-6-11(14)15)4-7(9)5-10(12)13/h2-4H,5-6H2,1H3,(H,14,15). The zero-order valence-corrected chi connectivity index (χ0v) is 9.58. The van der Waals surface area contributed by atoms with Crippen molar-refractivity contribution in [3.63, 3.8) is 0 Å². The molecule has 0 aliphatic carbocycles. The molecule has 1 aromatic rings. The molecule has 1 aromatic carbocycles. The molecule has 1 N–H and O–H groups in total. The zero-order chi connectivity index (χ0) is 11.7. The van der Waals surface area contributed by atoms with Crippen LogP contribution in [0.15, 0.2) is 23.1 Å². The van der Waals surface area contributed by atoms with Crippen LogP contribution in [0, 0.1) is 0 Å². The maximum Gasteiger partial charge on any atom is 0.313 e. The summed E-state index contributed by atoms with van der Waals surface area (Å²) in [6, 6.07) is 5.61. The smallest absolute Gasteiger partial charge is 0.313 e. The van der Waals surface area contributed by atoms with E-state index in [9.17, 15) is 9.59 Å². The highest BCUT2D eigenvalue weighted by molar-refractivity contribution is 8.00. The predicted octanol–water partition coefficient (Wildman–Crippen LogP) is 1.38. The molecule has 0 atom stereocenters. The number of aliphatic carboxylic acids is 1. The number of benzene rings is 1. The summed E-state index contributed by atoms with van der Waals surface area (Å²) >= 11 is 1.27. The number of likely N-dealkylation sites (N-methyl/N-ethyl adjacent to an activating group) is 1. The summed E-state index contributed by atoms with van der Waals surface area (Å²) in [5.41, 5.74) is 1.90. The number of carboxylic acids is 1. The van der Waals surface area contributed by atoms with Crippen molar-refractivity contribution in [2.45, 2.75) is 11.3 Å². The normalized spacial score (nSPS) is 14.1. The number of thioether (sulfide) groups is 1. The summed E-state index contributed by atoms with van der Waals surface area (Å²) in [6.45, 7) is 0. The molecular formula is C11H11NO3S. The predicted molar refractivity (Wildman–Crippen MR) is 61.9 cm³/mol. The summed E-state index contributed by atoms with van der Waals surface area (Å²) in [5.74, 6) is -0.711. The van der Waals surface area contributed by atoms with Crippen molar-refractivity contribution >= 4 is 29.3 Å². The fourth-order valence-corrected chi connectivity index (χ4v) is 2.36. The van der Waals surface area contributed by atoms with Gasteiger partial charge in [-0.25, -0.2) is 0 Å². The molecule has 0 saturated heterocycles. The average Bonchev–Trinajstić information content (AvgIpc) is 2.52. The van der Waals surface area contributed by atoms with Gasteiger partial charge in [-0.1, -0.05) is 0 Å². The molecule has 84 valence electrons. The molecule has 0 spiro atoms. The number of nitrogens with zero attached hydrogens (tertiary/aromatic N) is 1. The maximum atomic E-state index is 11.4. The Labute approximate surface area is 97.3 Å². The minimum absolute atomic E-state index is 0.0442. The number of hydrogen-bond donors (Lipinski definition) is 1. The van der Waals surface area contributed by atoms with Crippen LogP contribution in [0.25, 0.3) is 0 Å². The molecule has 1 aliphatic rings. The van der Waals surface area contributed by atoms with Crippen molar-refractivity contribution in [2.24, 2.45) is 0 Å². The first kappa shape index (κ1) is 11.0. The highest BCUT2D eigenvalue weighted by Gasteiger charge is 2.23. The fraction of sp³-hybridized carbons (Fsp3) is 0.273. The number of amides is 1. The van der Waals surface area contributed by atoms with Crippen LogP contribution >= 0.6 is 11.8 Å². The van der Waals surface area contributed by atoms with Crippen LogP contribution in [-0.2, 0) is 16.0 Å². The first-order valence-electron chi connectivity index (χ1n) is 4.82. The van der Waals surface area contributed by atoms with E-state index in [1.54, 1.807) is 11.9 Å². The molecule has 0 saturated carbocycles. The molecule has 1 amide bonds. The molecule has 0 bridgehead atoms. The van der Waals surface area contributed by atoms with Crippen molar-refractivity contribution in [1.82, 2.24) is 0 Å². The van der Waals surface area contributed by atoms with Crippen LogP contribution in [0.4, 0.5) is 5.69 Å². The van der Waals surface area contributed by atoms with E-state index in [1.807, 2.05) is 18.2 Å². The molecule has 0 unspecified atom stereocenters. The van der Waals surface area contributed by atoms with Crippen LogP contribution in [0.3, 0.4) is 0 Å². The molecule has 0 fully saturated rings. The van der Waals surface area contributed by atoms with E-state index in [-0.39, 0.29) is 11.7 Å². The van der Waals surface area contributed by atoms with Gasteiger partial charge >= 0.3 is 5.97 Å². The second kappa shape index (κ2) is 4.17.